The van der Waals surface area contributed by atoms with E-state index in [0.717, 1.165) is 98.7 Å². The van der Waals surface area contributed by atoms with Crippen molar-refractivity contribution in [3.8, 4) is 22.5 Å². The highest BCUT2D eigenvalue weighted by Crippen LogP contribution is 2.32. The Bertz CT molecular complexity index is 1920. The average molecular weight is 658 g/mol. The minimum Gasteiger partial charge on any atom is -0.351 e. The zero-order valence-corrected chi connectivity index (χ0v) is 28.7. The van der Waals surface area contributed by atoms with Gasteiger partial charge in [-0.1, -0.05) is 74.5 Å². The Morgan fingerprint density at radius 3 is 2.35 bits per heavy atom. The van der Waals surface area contributed by atoms with Crippen molar-refractivity contribution >= 4 is 16.9 Å². The number of likely N-dealkylation sites (tertiary alicyclic amines) is 1. The summed E-state index contributed by atoms with van der Waals surface area (Å²) in [4.78, 5) is 43.5. The molecule has 5 aromatic rings. The number of nitrogens with one attached hydrogen (secondary N) is 2. The third kappa shape index (κ3) is 8.24. The highest BCUT2D eigenvalue weighted by atomic mass is 16.2. The topological polar surface area (TPSA) is 99.2 Å². The number of benzene rings is 3. The first-order chi connectivity index (χ1) is 23.9. The van der Waals surface area contributed by atoms with Crippen molar-refractivity contribution in [2.75, 3.05) is 39.3 Å². The van der Waals surface area contributed by atoms with Crippen LogP contribution in [-0.4, -0.2) is 74.5 Å². The zero-order valence-electron chi connectivity index (χ0n) is 28.7. The van der Waals surface area contributed by atoms with Crippen molar-refractivity contribution < 1.29 is 4.79 Å². The Balaban J connectivity index is 1.17. The van der Waals surface area contributed by atoms with Crippen molar-refractivity contribution in [2.45, 2.75) is 52.1 Å². The number of aryl methyl sites for hydroxylation is 1. The van der Waals surface area contributed by atoms with E-state index in [4.69, 9.17) is 9.97 Å². The van der Waals surface area contributed by atoms with E-state index < -0.39 is 0 Å². The molecule has 3 heterocycles. The Morgan fingerprint density at radius 1 is 0.959 bits per heavy atom. The van der Waals surface area contributed by atoms with Crippen LogP contribution in [0.5, 0.6) is 0 Å². The van der Waals surface area contributed by atoms with E-state index >= 15 is 0 Å². The minimum absolute atomic E-state index is 0.00914. The summed E-state index contributed by atoms with van der Waals surface area (Å²) in [5.74, 6) is -0.105. The number of piperidine rings is 1. The van der Waals surface area contributed by atoms with Gasteiger partial charge in [0.25, 0.3) is 5.91 Å². The maximum atomic E-state index is 13.0. The lowest BCUT2D eigenvalue weighted by Crippen LogP contribution is -2.36. The Kier molecular flexibility index (Phi) is 11.1. The second-order valence-corrected chi connectivity index (χ2v) is 12.8. The Labute approximate surface area is 288 Å². The zero-order chi connectivity index (χ0) is 34.2. The number of H-pyrrole nitrogens is 1. The van der Waals surface area contributed by atoms with Gasteiger partial charge in [-0.25, -0.2) is 14.8 Å². The van der Waals surface area contributed by atoms with Crippen LogP contribution in [0.25, 0.3) is 33.5 Å². The number of aromatic amines is 1. The fourth-order valence-corrected chi connectivity index (χ4v) is 6.66. The summed E-state index contributed by atoms with van der Waals surface area (Å²) in [7, 11) is 0. The number of amides is 1. The van der Waals surface area contributed by atoms with Gasteiger partial charge in [0.2, 0.25) is 0 Å². The van der Waals surface area contributed by atoms with Crippen LogP contribution in [0.4, 0.5) is 0 Å². The maximum Gasteiger partial charge on any atom is 0.325 e. The molecule has 1 fully saturated rings. The quantitative estimate of drug-likeness (QED) is 0.133. The normalized spacial score (nSPS) is 14.0. The van der Waals surface area contributed by atoms with Crippen LogP contribution in [0.15, 0.2) is 96.4 Å². The molecule has 0 saturated carbocycles. The standard InChI is InChI=1S/C40H47N7O2/c1-4-7-13-33-28-47(40(49)42-33)34-20-23-46(24-21-34)27-29-14-16-31(17-15-29)38-37(30-11-9-8-10-12-30)43-35-19-18-32(26-36(35)44-38)39(48)41-22-25-45(5-2)6-3/h4,8-12,14-19,26,28,34H,1,5-7,13,20-25,27H2,2-3H3,(H,41,48)(H,42,49). The van der Waals surface area contributed by atoms with Crippen LogP contribution in [0.1, 0.15) is 60.8 Å². The van der Waals surface area contributed by atoms with Gasteiger partial charge in [-0.05, 0) is 62.5 Å². The van der Waals surface area contributed by atoms with Gasteiger partial charge in [0.05, 0.1) is 22.4 Å². The number of allylic oxidation sites excluding steroid dienone is 1. The number of fused-ring (bicyclic) bond motifs is 1. The monoisotopic (exact) mass is 657 g/mol. The SMILES string of the molecule is C=CCCc1cn(C2CCN(Cc3ccc(-c4nc5cc(C(=O)NCCN(CC)CC)ccc5nc4-c4ccccc4)cc3)CC2)c(=O)[nH]1. The summed E-state index contributed by atoms with van der Waals surface area (Å²) >= 11 is 0. The molecular weight excluding hydrogens is 610 g/mol. The molecular formula is C40H47N7O2. The lowest BCUT2D eigenvalue weighted by molar-refractivity contribution is 0.0949. The largest absolute Gasteiger partial charge is 0.351 e. The number of hydrogen-bond acceptors (Lipinski definition) is 6. The molecule has 0 radical (unpaired) electrons. The summed E-state index contributed by atoms with van der Waals surface area (Å²) in [6.45, 7) is 14.1. The number of hydrogen-bond donors (Lipinski definition) is 2. The lowest BCUT2D eigenvalue weighted by Gasteiger charge is -2.32. The summed E-state index contributed by atoms with van der Waals surface area (Å²) in [5.41, 5.74) is 7.78. The molecule has 9 nitrogen and oxygen atoms in total. The molecule has 1 aliphatic rings. The molecule has 49 heavy (non-hydrogen) atoms. The van der Waals surface area contributed by atoms with Crippen molar-refractivity contribution in [1.29, 1.82) is 0 Å². The molecule has 9 heteroatoms. The van der Waals surface area contributed by atoms with Crippen LogP contribution in [0.2, 0.25) is 0 Å². The molecule has 0 bridgehead atoms. The lowest BCUT2D eigenvalue weighted by atomic mass is 10.0. The molecule has 0 unspecified atom stereocenters. The summed E-state index contributed by atoms with van der Waals surface area (Å²) in [6, 6.07) is 24.5. The Hall–Kier alpha value is -4.86. The Morgan fingerprint density at radius 2 is 1.65 bits per heavy atom. The second kappa shape index (κ2) is 16.0. The van der Waals surface area contributed by atoms with Crippen molar-refractivity contribution in [3.05, 3.63) is 119 Å². The molecule has 254 valence electrons. The molecule has 6 rings (SSSR count). The molecule has 1 aliphatic heterocycles. The average Bonchev–Trinajstić information content (AvgIpc) is 3.52. The highest BCUT2D eigenvalue weighted by molar-refractivity contribution is 5.98. The number of carbonyl (C=O) groups is 1. The molecule has 1 saturated heterocycles. The molecule has 2 N–H and O–H groups in total. The van der Waals surface area contributed by atoms with Gasteiger partial charge in [-0.2, -0.15) is 0 Å². The number of carbonyl (C=O) groups excluding carboxylic acids is 1. The van der Waals surface area contributed by atoms with Crippen LogP contribution in [0, 0.1) is 0 Å². The predicted octanol–water partition coefficient (Wildman–Crippen LogP) is 6.48. The minimum atomic E-state index is -0.105. The van der Waals surface area contributed by atoms with Crippen molar-refractivity contribution in [1.82, 2.24) is 34.6 Å². The molecule has 2 aromatic heterocycles. The number of imidazole rings is 1. The van der Waals surface area contributed by atoms with E-state index in [0.29, 0.717) is 17.6 Å². The first-order valence-electron chi connectivity index (χ1n) is 17.6. The fourth-order valence-electron chi connectivity index (χ4n) is 6.66. The van der Waals surface area contributed by atoms with Crippen molar-refractivity contribution in [2.24, 2.45) is 0 Å². The highest BCUT2D eigenvalue weighted by Gasteiger charge is 2.23. The first kappa shape index (κ1) is 34.0. The molecule has 0 spiro atoms. The summed E-state index contributed by atoms with van der Waals surface area (Å²) in [6.07, 6.45) is 7.43. The second-order valence-electron chi connectivity index (χ2n) is 12.8. The van der Waals surface area contributed by atoms with Crippen molar-refractivity contribution in [3.63, 3.8) is 0 Å². The van der Waals surface area contributed by atoms with Crippen LogP contribution >= 0.6 is 0 Å². The van der Waals surface area contributed by atoms with E-state index in [1.54, 1.807) is 0 Å². The molecule has 0 aliphatic carbocycles. The molecule has 1 amide bonds. The van der Waals surface area contributed by atoms with Gasteiger partial charge in [0.15, 0.2) is 0 Å². The van der Waals surface area contributed by atoms with E-state index in [1.807, 2.05) is 53.2 Å². The smallest absolute Gasteiger partial charge is 0.325 e. The number of nitrogens with zero attached hydrogens (tertiary/aromatic N) is 5. The van der Waals surface area contributed by atoms with Crippen LogP contribution in [-0.2, 0) is 13.0 Å². The number of aromatic nitrogens is 4. The molecule has 0 atom stereocenters. The van der Waals surface area contributed by atoms with Gasteiger partial charge in [-0.15, -0.1) is 6.58 Å². The van der Waals surface area contributed by atoms with E-state index in [-0.39, 0.29) is 17.6 Å². The third-order valence-electron chi connectivity index (χ3n) is 9.58. The number of likely N-dealkylation sites (N-methyl/N-ethyl adjacent to an activating group) is 1. The van der Waals surface area contributed by atoms with E-state index in [2.05, 4.69) is 76.9 Å². The van der Waals surface area contributed by atoms with Gasteiger partial charge in [0, 0.05) is 67.3 Å². The first-order valence-corrected chi connectivity index (χ1v) is 17.6. The predicted molar refractivity (Wildman–Crippen MR) is 198 cm³/mol. The van der Waals surface area contributed by atoms with Gasteiger partial charge < -0.3 is 15.2 Å². The maximum absolute atomic E-state index is 13.0. The molecule has 3 aromatic carbocycles. The van der Waals surface area contributed by atoms with Gasteiger partial charge >= 0.3 is 5.69 Å². The summed E-state index contributed by atoms with van der Waals surface area (Å²) in [5, 5.41) is 3.05. The number of rotatable bonds is 14. The van der Waals surface area contributed by atoms with Crippen LogP contribution < -0.4 is 11.0 Å². The fraction of sp³-hybridized carbons (Fsp3) is 0.350. The van der Waals surface area contributed by atoms with Gasteiger partial charge in [-0.3, -0.25) is 14.3 Å². The summed E-state index contributed by atoms with van der Waals surface area (Å²) < 4.78 is 1.89. The van der Waals surface area contributed by atoms with E-state index in [1.165, 1.54) is 5.56 Å². The van der Waals surface area contributed by atoms with Gasteiger partial charge in [0.1, 0.15) is 0 Å². The van der Waals surface area contributed by atoms with E-state index in [9.17, 15) is 9.59 Å². The van der Waals surface area contributed by atoms with Crippen LogP contribution in [0.3, 0.4) is 0 Å². The third-order valence-corrected chi connectivity index (χ3v) is 9.58.